The average Bonchev–Trinajstić information content (AvgIpc) is 3.16. The second kappa shape index (κ2) is 7.87. The van der Waals surface area contributed by atoms with E-state index in [0.29, 0.717) is 29.9 Å². The van der Waals surface area contributed by atoms with Gasteiger partial charge in [-0.3, -0.25) is 14.7 Å². The Morgan fingerprint density at radius 1 is 0.920 bits per heavy atom. The number of benzene rings is 2. The van der Waals surface area contributed by atoms with E-state index >= 15 is 0 Å². The maximum Gasteiger partial charge on any atom is 0.255 e. The molecule has 0 saturated carbocycles. The molecule has 2 aromatic carbocycles. The highest BCUT2D eigenvalue weighted by molar-refractivity contribution is 6.05. The van der Waals surface area contributed by atoms with Crippen LogP contribution in [-0.4, -0.2) is 33.5 Å². The first-order valence-corrected chi connectivity index (χ1v) is 7.81. The number of hydrogen-bond donors (Lipinski definition) is 3. The average molecular weight is 335 g/mol. The second-order valence-electron chi connectivity index (χ2n) is 5.34. The molecule has 0 radical (unpaired) electrons. The largest absolute Gasteiger partial charge is 0.352 e. The van der Waals surface area contributed by atoms with Gasteiger partial charge in [0.1, 0.15) is 12.2 Å². The fourth-order valence-electron chi connectivity index (χ4n) is 2.25. The molecule has 126 valence electrons. The minimum absolute atomic E-state index is 0.200. The molecule has 3 rings (SSSR count). The normalized spacial score (nSPS) is 10.2. The van der Waals surface area contributed by atoms with Crippen molar-refractivity contribution in [2.45, 2.75) is 6.42 Å². The van der Waals surface area contributed by atoms with Crippen LogP contribution in [0.5, 0.6) is 0 Å². The number of nitrogens with zero attached hydrogens (tertiary/aromatic N) is 2. The highest BCUT2D eigenvalue weighted by Gasteiger charge is 2.09. The number of nitrogens with one attached hydrogen (secondary N) is 3. The molecule has 1 heterocycles. The molecular weight excluding hydrogens is 318 g/mol. The van der Waals surface area contributed by atoms with Crippen molar-refractivity contribution < 1.29 is 9.59 Å². The van der Waals surface area contributed by atoms with Crippen LogP contribution in [0.1, 0.15) is 26.5 Å². The highest BCUT2D eigenvalue weighted by atomic mass is 16.2. The summed E-state index contributed by atoms with van der Waals surface area (Å²) in [4.78, 5) is 28.2. The number of carbonyl (C=O) groups excluding carboxylic acids is 2. The minimum atomic E-state index is -0.219. The van der Waals surface area contributed by atoms with Gasteiger partial charge in [-0.25, -0.2) is 4.98 Å². The first-order chi connectivity index (χ1) is 12.2. The molecule has 0 bridgehead atoms. The summed E-state index contributed by atoms with van der Waals surface area (Å²) in [6.07, 6.45) is 2.00. The van der Waals surface area contributed by atoms with Gasteiger partial charge in [-0.05, 0) is 36.4 Å². The van der Waals surface area contributed by atoms with Crippen LogP contribution in [0.25, 0.3) is 0 Å². The smallest absolute Gasteiger partial charge is 0.255 e. The number of aromatic nitrogens is 3. The van der Waals surface area contributed by atoms with Crippen LogP contribution in [0.15, 0.2) is 60.9 Å². The van der Waals surface area contributed by atoms with Gasteiger partial charge >= 0.3 is 0 Å². The number of aromatic amines is 1. The molecule has 7 nitrogen and oxygen atoms in total. The zero-order valence-corrected chi connectivity index (χ0v) is 13.4. The number of anilines is 1. The minimum Gasteiger partial charge on any atom is -0.352 e. The predicted molar refractivity (Wildman–Crippen MR) is 93.3 cm³/mol. The van der Waals surface area contributed by atoms with Crippen molar-refractivity contribution in [3.8, 4) is 0 Å². The van der Waals surface area contributed by atoms with E-state index in [4.69, 9.17) is 0 Å². The number of para-hydroxylation sites is 1. The summed E-state index contributed by atoms with van der Waals surface area (Å²) >= 11 is 0. The summed E-state index contributed by atoms with van der Waals surface area (Å²) in [5.41, 5.74) is 1.71. The second-order valence-corrected chi connectivity index (χ2v) is 5.34. The fourth-order valence-corrected chi connectivity index (χ4v) is 2.25. The molecule has 25 heavy (non-hydrogen) atoms. The number of hydrogen-bond acceptors (Lipinski definition) is 4. The summed E-state index contributed by atoms with van der Waals surface area (Å²) in [5.74, 6) is 0.297. The van der Waals surface area contributed by atoms with Gasteiger partial charge in [-0.1, -0.05) is 18.2 Å². The standard InChI is InChI=1S/C18H17N5O2/c24-17(19-11-10-16-20-12-21-23-16)13-6-8-14(9-7-13)18(25)22-15-4-2-1-3-5-15/h1-9,12H,10-11H2,(H,19,24)(H,22,25)(H,20,21,23). The van der Waals surface area contributed by atoms with Crippen LogP contribution in [-0.2, 0) is 6.42 Å². The third kappa shape index (κ3) is 4.51. The van der Waals surface area contributed by atoms with Gasteiger partial charge in [0, 0.05) is 29.8 Å². The Kier molecular flexibility index (Phi) is 5.16. The van der Waals surface area contributed by atoms with Crippen LogP contribution in [0, 0.1) is 0 Å². The molecule has 2 amide bonds. The van der Waals surface area contributed by atoms with Gasteiger partial charge in [0.25, 0.3) is 11.8 Å². The van der Waals surface area contributed by atoms with Crippen LogP contribution in [0.4, 0.5) is 5.69 Å². The number of H-pyrrole nitrogens is 1. The maximum atomic E-state index is 12.2. The SMILES string of the molecule is O=C(NCCc1ncn[nH]1)c1ccc(C(=O)Nc2ccccc2)cc1. The molecule has 1 aromatic heterocycles. The Morgan fingerprint density at radius 3 is 2.24 bits per heavy atom. The number of carbonyl (C=O) groups is 2. The van der Waals surface area contributed by atoms with Crippen molar-refractivity contribution in [2.75, 3.05) is 11.9 Å². The summed E-state index contributed by atoms with van der Waals surface area (Å²) in [6.45, 7) is 0.449. The van der Waals surface area contributed by atoms with E-state index in [1.54, 1.807) is 24.3 Å². The Bertz CT molecular complexity index is 830. The monoisotopic (exact) mass is 335 g/mol. The van der Waals surface area contributed by atoms with Gasteiger partial charge in [-0.15, -0.1) is 0 Å². The Labute approximate surface area is 144 Å². The van der Waals surface area contributed by atoms with E-state index in [-0.39, 0.29) is 11.8 Å². The molecule has 3 N–H and O–H groups in total. The van der Waals surface area contributed by atoms with Gasteiger partial charge in [-0.2, -0.15) is 5.10 Å². The number of rotatable bonds is 6. The molecule has 7 heteroatoms. The van der Waals surface area contributed by atoms with Crippen molar-refractivity contribution in [1.29, 1.82) is 0 Å². The maximum absolute atomic E-state index is 12.2. The van der Waals surface area contributed by atoms with Gasteiger partial charge in [0.15, 0.2) is 0 Å². The zero-order chi connectivity index (χ0) is 17.5. The molecule has 0 aliphatic rings. The van der Waals surface area contributed by atoms with E-state index in [2.05, 4.69) is 25.8 Å². The first-order valence-electron chi connectivity index (χ1n) is 7.81. The van der Waals surface area contributed by atoms with E-state index in [1.807, 2.05) is 30.3 Å². The topological polar surface area (TPSA) is 99.8 Å². The number of amides is 2. The summed E-state index contributed by atoms with van der Waals surface area (Å²) in [6, 6.07) is 15.7. The molecule has 0 unspecified atom stereocenters. The van der Waals surface area contributed by atoms with E-state index in [9.17, 15) is 9.59 Å². The highest BCUT2D eigenvalue weighted by Crippen LogP contribution is 2.10. The van der Waals surface area contributed by atoms with Crippen LogP contribution >= 0.6 is 0 Å². The van der Waals surface area contributed by atoms with Crippen molar-refractivity contribution in [3.05, 3.63) is 77.9 Å². The third-order valence-electron chi connectivity index (χ3n) is 3.55. The predicted octanol–water partition coefficient (Wildman–Crippen LogP) is 2.03. The molecule has 0 fully saturated rings. The van der Waals surface area contributed by atoms with Crippen LogP contribution < -0.4 is 10.6 Å². The molecule has 3 aromatic rings. The Hall–Kier alpha value is -3.48. The van der Waals surface area contributed by atoms with Gasteiger partial charge in [0.2, 0.25) is 0 Å². The van der Waals surface area contributed by atoms with Gasteiger partial charge < -0.3 is 10.6 Å². The van der Waals surface area contributed by atoms with Crippen LogP contribution in [0.3, 0.4) is 0 Å². The van der Waals surface area contributed by atoms with E-state index < -0.39 is 0 Å². The molecule has 0 aliphatic heterocycles. The van der Waals surface area contributed by atoms with Crippen molar-refractivity contribution >= 4 is 17.5 Å². The summed E-state index contributed by atoms with van der Waals surface area (Å²) < 4.78 is 0. The van der Waals surface area contributed by atoms with E-state index in [0.717, 1.165) is 5.69 Å². The first kappa shape index (κ1) is 16.4. The Balaban J connectivity index is 1.54. The van der Waals surface area contributed by atoms with Crippen molar-refractivity contribution in [3.63, 3.8) is 0 Å². The van der Waals surface area contributed by atoms with Crippen LogP contribution in [0.2, 0.25) is 0 Å². The van der Waals surface area contributed by atoms with Crippen molar-refractivity contribution in [1.82, 2.24) is 20.5 Å². The Morgan fingerprint density at radius 2 is 1.60 bits per heavy atom. The molecule has 0 atom stereocenters. The quantitative estimate of drug-likeness (QED) is 0.642. The summed E-state index contributed by atoms with van der Waals surface area (Å²) in [5, 5.41) is 12.1. The van der Waals surface area contributed by atoms with E-state index in [1.165, 1.54) is 6.33 Å². The molecule has 0 saturated heterocycles. The molecule has 0 aliphatic carbocycles. The lowest BCUT2D eigenvalue weighted by atomic mass is 10.1. The molecular formula is C18H17N5O2. The lowest BCUT2D eigenvalue weighted by Gasteiger charge is -2.07. The zero-order valence-electron chi connectivity index (χ0n) is 13.4. The van der Waals surface area contributed by atoms with Crippen molar-refractivity contribution in [2.24, 2.45) is 0 Å². The lowest BCUT2D eigenvalue weighted by molar-refractivity contribution is 0.0952. The summed E-state index contributed by atoms with van der Waals surface area (Å²) in [7, 11) is 0. The molecule has 0 spiro atoms. The van der Waals surface area contributed by atoms with Gasteiger partial charge in [0.05, 0.1) is 0 Å². The third-order valence-corrected chi connectivity index (χ3v) is 3.55. The lowest BCUT2D eigenvalue weighted by Crippen LogP contribution is -2.26. The fraction of sp³-hybridized carbons (Fsp3) is 0.111.